The third-order valence-electron chi connectivity index (χ3n) is 1.74. The fraction of sp³-hybridized carbons (Fsp3) is 0.857. The second kappa shape index (κ2) is 3.45. The summed E-state index contributed by atoms with van der Waals surface area (Å²) >= 11 is 1.66. The molecule has 2 N–H and O–H groups in total. The minimum atomic E-state index is -0.263. The van der Waals surface area contributed by atoms with Crippen LogP contribution >= 0.6 is 11.8 Å². The van der Waals surface area contributed by atoms with Gasteiger partial charge in [0.25, 0.3) is 0 Å². The average molecular weight is 175 g/mol. The van der Waals surface area contributed by atoms with Gasteiger partial charge in [-0.25, -0.2) is 0 Å². The van der Waals surface area contributed by atoms with Crippen LogP contribution in [0.25, 0.3) is 0 Å². The molecule has 0 bridgehead atoms. The van der Waals surface area contributed by atoms with Gasteiger partial charge < -0.3 is 10.4 Å². The molecule has 1 atom stereocenters. The molecule has 1 saturated heterocycles. The molecule has 0 aromatic heterocycles. The number of aliphatic hydroxyl groups excluding tert-OH is 1. The molecule has 1 aliphatic rings. The predicted octanol–water partition coefficient (Wildman–Crippen LogP) is -0.00950. The van der Waals surface area contributed by atoms with E-state index in [1.165, 1.54) is 0 Å². The van der Waals surface area contributed by atoms with Crippen molar-refractivity contribution in [2.24, 2.45) is 0 Å². The first kappa shape index (κ1) is 8.87. The van der Waals surface area contributed by atoms with Crippen molar-refractivity contribution >= 4 is 17.7 Å². The monoisotopic (exact) mass is 175 g/mol. The van der Waals surface area contributed by atoms with Gasteiger partial charge in [0, 0.05) is 23.5 Å². The zero-order chi connectivity index (χ0) is 8.32. The molecule has 0 aliphatic carbocycles. The van der Waals surface area contributed by atoms with Crippen LogP contribution in [-0.4, -0.2) is 34.7 Å². The lowest BCUT2D eigenvalue weighted by Gasteiger charge is -2.22. The molecule has 1 heterocycles. The van der Waals surface area contributed by atoms with Crippen molar-refractivity contribution in [3.8, 4) is 0 Å². The highest BCUT2D eigenvalue weighted by molar-refractivity contribution is 8.00. The van der Waals surface area contributed by atoms with Crippen LogP contribution in [0.1, 0.15) is 13.3 Å². The molecule has 0 saturated carbocycles. The molecule has 1 aliphatic heterocycles. The largest absolute Gasteiger partial charge is 0.395 e. The molecule has 4 heteroatoms. The van der Waals surface area contributed by atoms with Crippen LogP contribution in [0.4, 0.5) is 0 Å². The van der Waals surface area contributed by atoms with E-state index in [0.29, 0.717) is 6.42 Å². The first-order valence-electron chi connectivity index (χ1n) is 3.68. The molecule has 3 nitrogen and oxygen atoms in total. The summed E-state index contributed by atoms with van der Waals surface area (Å²) in [5.41, 5.74) is 0. The van der Waals surface area contributed by atoms with Crippen molar-refractivity contribution < 1.29 is 9.90 Å². The summed E-state index contributed by atoms with van der Waals surface area (Å²) in [5.74, 6) is 0.939. The molecule has 11 heavy (non-hydrogen) atoms. The normalized spacial score (nSPS) is 32.7. The van der Waals surface area contributed by atoms with E-state index in [9.17, 15) is 4.79 Å². The van der Waals surface area contributed by atoms with Gasteiger partial charge in [0.1, 0.15) is 0 Å². The maximum absolute atomic E-state index is 11.0. The van der Waals surface area contributed by atoms with E-state index in [1.807, 2.05) is 6.92 Å². The SMILES string of the molecule is C[C@]1(CO)CC(=O)NCCS1. The lowest BCUT2D eigenvalue weighted by molar-refractivity contribution is -0.121. The lowest BCUT2D eigenvalue weighted by Crippen LogP contribution is -2.31. The number of carbonyl (C=O) groups excluding carboxylic acids is 1. The van der Waals surface area contributed by atoms with Crippen molar-refractivity contribution in [3.63, 3.8) is 0 Å². The Balaban J connectivity index is 2.58. The highest BCUT2D eigenvalue weighted by atomic mass is 32.2. The molecule has 0 aromatic rings. The Labute approximate surface area is 70.6 Å². The molecular weight excluding hydrogens is 162 g/mol. The van der Waals surface area contributed by atoms with E-state index in [4.69, 9.17) is 5.11 Å². The van der Waals surface area contributed by atoms with Crippen LogP contribution in [0.5, 0.6) is 0 Å². The minimum absolute atomic E-state index is 0.0477. The second-order valence-corrected chi connectivity index (χ2v) is 4.67. The zero-order valence-corrected chi connectivity index (χ0v) is 7.41. The fourth-order valence-corrected chi connectivity index (χ4v) is 2.06. The summed E-state index contributed by atoms with van der Waals surface area (Å²) in [4.78, 5) is 11.0. The van der Waals surface area contributed by atoms with Crippen LogP contribution in [0.15, 0.2) is 0 Å². The molecule has 1 fully saturated rings. The van der Waals surface area contributed by atoms with Gasteiger partial charge in [-0.1, -0.05) is 0 Å². The molecule has 0 spiro atoms. The van der Waals surface area contributed by atoms with Crippen molar-refractivity contribution in [3.05, 3.63) is 0 Å². The van der Waals surface area contributed by atoms with Gasteiger partial charge in [-0.2, -0.15) is 11.8 Å². The lowest BCUT2D eigenvalue weighted by atomic mass is 10.1. The number of aliphatic hydroxyl groups is 1. The number of nitrogens with one attached hydrogen (secondary N) is 1. The Hall–Kier alpha value is -0.220. The third kappa shape index (κ3) is 2.38. The first-order chi connectivity index (χ1) is 5.16. The zero-order valence-electron chi connectivity index (χ0n) is 6.59. The van der Waals surface area contributed by atoms with Crippen LogP contribution in [0, 0.1) is 0 Å². The van der Waals surface area contributed by atoms with E-state index in [2.05, 4.69) is 5.32 Å². The van der Waals surface area contributed by atoms with Gasteiger partial charge in [0.15, 0.2) is 0 Å². The number of carbonyl (C=O) groups is 1. The Morgan fingerprint density at radius 1 is 1.82 bits per heavy atom. The van der Waals surface area contributed by atoms with Crippen molar-refractivity contribution in [1.29, 1.82) is 0 Å². The second-order valence-electron chi connectivity index (χ2n) is 2.98. The van der Waals surface area contributed by atoms with Gasteiger partial charge in [-0.15, -0.1) is 0 Å². The standard InChI is InChI=1S/C7H13NO2S/c1-7(5-9)4-6(10)8-2-3-11-7/h9H,2-5H2,1H3,(H,8,10)/t7-/m1/s1. The van der Waals surface area contributed by atoms with Gasteiger partial charge in [-0.3, -0.25) is 4.79 Å². The van der Waals surface area contributed by atoms with Crippen LogP contribution in [-0.2, 0) is 4.79 Å². The summed E-state index contributed by atoms with van der Waals surface area (Å²) in [6, 6.07) is 0. The average Bonchev–Trinajstić information content (AvgIpc) is 2.13. The number of amides is 1. The van der Waals surface area contributed by atoms with E-state index in [-0.39, 0.29) is 17.3 Å². The quantitative estimate of drug-likeness (QED) is 0.589. The molecule has 0 radical (unpaired) electrons. The van der Waals surface area contributed by atoms with Gasteiger partial charge in [0.2, 0.25) is 5.91 Å². The van der Waals surface area contributed by atoms with E-state index in [0.717, 1.165) is 12.3 Å². The van der Waals surface area contributed by atoms with Crippen LogP contribution in [0.3, 0.4) is 0 Å². The summed E-state index contributed by atoms with van der Waals surface area (Å²) in [7, 11) is 0. The maximum atomic E-state index is 11.0. The van der Waals surface area contributed by atoms with Crippen molar-refractivity contribution in [1.82, 2.24) is 5.32 Å². The first-order valence-corrected chi connectivity index (χ1v) is 4.66. The number of hydrogen-bond acceptors (Lipinski definition) is 3. The van der Waals surface area contributed by atoms with E-state index < -0.39 is 0 Å². The van der Waals surface area contributed by atoms with E-state index in [1.54, 1.807) is 11.8 Å². The predicted molar refractivity (Wildman–Crippen MR) is 45.6 cm³/mol. The van der Waals surface area contributed by atoms with Crippen molar-refractivity contribution in [2.45, 2.75) is 18.1 Å². The molecule has 1 rings (SSSR count). The smallest absolute Gasteiger partial charge is 0.221 e. The summed E-state index contributed by atoms with van der Waals surface area (Å²) in [6.07, 6.45) is 0.425. The Morgan fingerprint density at radius 2 is 2.55 bits per heavy atom. The van der Waals surface area contributed by atoms with Gasteiger partial charge in [0.05, 0.1) is 6.61 Å². The molecule has 0 aromatic carbocycles. The van der Waals surface area contributed by atoms with Crippen molar-refractivity contribution in [2.75, 3.05) is 18.9 Å². The Bertz CT molecular complexity index is 163. The highest BCUT2D eigenvalue weighted by Crippen LogP contribution is 2.29. The summed E-state index contributed by atoms with van der Waals surface area (Å²) in [6.45, 7) is 2.72. The minimum Gasteiger partial charge on any atom is -0.395 e. The number of hydrogen-bond donors (Lipinski definition) is 2. The maximum Gasteiger partial charge on any atom is 0.221 e. The third-order valence-corrected chi connectivity index (χ3v) is 3.12. The number of rotatable bonds is 1. The summed E-state index contributed by atoms with van der Waals surface area (Å²) < 4.78 is -0.263. The molecular formula is C7H13NO2S. The van der Waals surface area contributed by atoms with Gasteiger partial charge >= 0.3 is 0 Å². The topological polar surface area (TPSA) is 49.3 Å². The molecule has 0 unspecified atom stereocenters. The van der Waals surface area contributed by atoms with Crippen LogP contribution in [0.2, 0.25) is 0 Å². The number of thioether (sulfide) groups is 1. The highest BCUT2D eigenvalue weighted by Gasteiger charge is 2.29. The van der Waals surface area contributed by atoms with Crippen LogP contribution < -0.4 is 5.32 Å². The molecule has 1 amide bonds. The fourth-order valence-electron chi connectivity index (χ4n) is 1.04. The van der Waals surface area contributed by atoms with E-state index >= 15 is 0 Å². The van der Waals surface area contributed by atoms with Gasteiger partial charge in [-0.05, 0) is 6.92 Å². The summed E-state index contributed by atoms with van der Waals surface area (Å²) in [5, 5.41) is 11.8. The Kier molecular flexibility index (Phi) is 2.78. The Morgan fingerprint density at radius 3 is 3.18 bits per heavy atom. The molecule has 64 valence electrons.